The minimum atomic E-state index is 0.573. The van der Waals surface area contributed by atoms with Crippen molar-refractivity contribution in [2.24, 2.45) is 17.3 Å². The van der Waals surface area contributed by atoms with Crippen molar-refractivity contribution in [3.05, 3.63) is 12.2 Å². The smallest absolute Gasteiger partial charge is 0.0260 e. The van der Waals surface area contributed by atoms with Gasteiger partial charge in [-0.25, -0.2) is 0 Å². The average Bonchev–Trinajstić information content (AvgIpc) is 2.53. The Hall–Kier alpha value is -0.260. The van der Waals surface area contributed by atoms with E-state index in [-0.39, 0.29) is 0 Å². The monoisotopic (exact) mass is 350 g/mol. The van der Waals surface area contributed by atoms with Gasteiger partial charge in [0.2, 0.25) is 0 Å². The van der Waals surface area contributed by atoms with Crippen LogP contribution in [-0.4, -0.2) is 0 Å². The van der Waals surface area contributed by atoms with E-state index in [4.69, 9.17) is 0 Å². The molecule has 150 valence electrons. The summed E-state index contributed by atoms with van der Waals surface area (Å²) in [6.45, 7) is 14.2. The van der Waals surface area contributed by atoms with Crippen LogP contribution in [0.25, 0.3) is 0 Å². The molecule has 2 unspecified atom stereocenters. The van der Waals surface area contributed by atoms with E-state index in [0.717, 1.165) is 11.8 Å². The molecule has 0 aromatic carbocycles. The lowest BCUT2D eigenvalue weighted by atomic mass is 9.81. The van der Waals surface area contributed by atoms with Crippen molar-refractivity contribution in [1.82, 2.24) is 0 Å². The van der Waals surface area contributed by atoms with Gasteiger partial charge in [-0.2, -0.15) is 0 Å². The second-order valence-corrected chi connectivity index (χ2v) is 9.48. The first-order chi connectivity index (χ1) is 11.9. The van der Waals surface area contributed by atoms with Gasteiger partial charge in [0.05, 0.1) is 0 Å². The van der Waals surface area contributed by atoms with E-state index < -0.39 is 0 Å². The van der Waals surface area contributed by atoms with Crippen LogP contribution in [0.1, 0.15) is 131 Å². The SMILES string of the molecule is CC=CC(C)CC(C)CCCCCCCC(C)(C)CCCCCCC. The quantitative estimate of drug-likeness (QED) is 0.181. The molecule has 0 saturated carbocycles. The van der Waals surface area contributed by atoms with Gasteiger partial charge in [-0.3, -0.25) is 0 Å². The lowest BCUT2D eigenvalue weighted by molar-refractivity contribution is 0.282. The summed E-state index contributed by atoms with van der Waals surface area (Å²) < 4.78 is 0. The van der Waals surface area contributed by atoms with Gasteiger partial charge in [0.15, 0.2) is 0 Å². The van der Waals surface area contributed by atoms with Crippen molar-refractivity contribution in [3.63, 3.8) is 0 Å². The predicted molar refractivity (Wildman–Crippen MR) is 117 cm³/mol. The van der Waals surface area contributed by atoms with E-state index in [0.29, 0.717) is 5.41 Å². The van der Waals surface area contributed by atoms with Crippen molar-refractivity contribution in [2.45, 2.75) is 131 Å². The lowest BCUT2D eigenvalue weighted by Crippen LogP contribution is -2.11. The summed E-state index contributed by atoms with van der Waals surface area (Å²) in [5.41, 5.74) is 0.573. The first-order valence-corrected chi connectivity index (χ1v) is 11.5. The Morgan fingerprint density at radius 3 is 1.84 bits per heavy atom. The number of hydrogen-bond donors (Lipinski definition) is 0. The van der Waals surface area contributed by atoms with E-state index in [1.165, 1.54) is 89.9 Å². The molecule has 0 N–H and O–H groups in total. The van der Waals surface area contributed by atoms with Crippen LogP contribution in [0.2, 0.25) is 0 Å². The molecular formula is C25H50. The van der Waals surface area contributed by atoms with Gasteiger partial charge in [0.25, 0.3) is 0 Å². The molecule has 0 aliphatic carbocycles. The van der Waals surface area contributed by atoms with Crippen LogP contribution in [-0.2, 0) is 0 Å². The van der Waals surface area contributed by atoms with Crippen molar-refractivity contribution in [2.75, 3.05) is 0 Å². The Bertz CT molecular complexity index is 299. The first-order valence-electron chi connectivity index (χ1n) is 11.5. The summed E-state index contributed by atoms with van der Waals surface area (Å²) >= 11 is 0. The van der Waals surface area contributed by atoms with E-state index in [9.17, 15) is 0 Å². The molecule has 0 heteroatoms. The third-order valence-corrected chi connectivity index (χ3v) is 5.80. The summed E-state index contributed by atoms with van der Waals surface area (Å²) in [6.07, 6.45) is 24.5. The number of allylic oxidation sites excluding steroid dienone is 2. The predicted octanol–water partition coefficient (Wildman–Crippen LogP) is 9.34. The maximum Gasteiger partial charge on any atom is -0.0260 e. The molecule has 2 atom stereocenters. The number of unbranched alkanes of at least 4 members (excludes halogenated alkanes) is 8. The van der Waals surface area contributed by atoms with E-state index in [2.05, 4.69) is 53.7 Å². The molecule has 0 aromatic rings. The molecule has 0 radical (unpaired) electrons. The number of hydrogen-bond acceptors (Lipinski definition) is 0. The summed E-state index contributed by atoms with van der Waals surface area (Å²) in [6, 6.07) is 0. The third-order valence-electron chi connectivity index (χ3n) is 5.80. The van der Waals surface area contributed by atoms with Crippen LogP contribution < -0.4 is 0 Å². The molecule has 0 fully saturated rings. The molecule has 0 saturated heterocycles. The van der Waals surface area contributed by atoms with Gasteiger partial charge >= 0.3 is 0 Å². The van der Waals surface area contributed by atoms with Gasteiger partial charge < -0.3 is 0 Å². The molecule has 0 spiro atoms. The second kappa shape index (κ2) is 16.0. The van der Waals surface area contributed by atoms with Gasteiger partial charge in [-0.1, -0.05) is 117 Å². The minimum Gasteiger partial charge on any atom is -0.0914 e. The molecule has 0 bridgehead atoms. The molecule has 0 nitrogen and oxygen atoms in total. The Morgan fingerprint density at radius 2 is 1.28 bits per heavy atom. The van der Waals surface area contributed by atoms with E-state index in [1.807, 2.05) is 0 Å². The lowest BCUT2D eigenvalue weighted by Gasteiger charge is -2.24. The van der Waals surface area contributed by atoms with Crippen LogP contribution in [0.4, 0.5) is 0 Å². The Balaban J connectivity index is 3.52. The molecule has 25 heavy (non-hydrogen) atoms. The second-order valence-electron chi connectivity index (χ2n) is 9.48. The summed E-state index contributed by atoms with van der Waals surface area (Å²) in [5.74, 6) is 1.64. The maximum atomic E-state index is 2.49. The van der Waals surface area contributed by atoms with Gasteiger partial charge in [-0.15, -0.1) is 0 Å². The highest BCUT2D eigenvalue weighted by Gasteiger charge is 2.16. The molecular weight excluding hydrogens is 300 g/mol. The molecule has 0 heterocycles. The van der Waals surface area contributed by atoms with Crippen molar-refractivity contribution in [3.8, 4) is 0 Å². The number of rotatable bonds is 17. The van der Waals surface area contributed by atoms with Crippen LogP contribution in [0.5, 0.6) is 0 Å². The average molecular weight is 351 g/mol. The largest absolute Gasteiger partial charge is 0.0914 e. The zero-order valence-electron chi connectivity index (χ0n) is 18.7. The van der Waals surface area contributed by atoms with Gasteiger partial charge in [-0.05, 0) is 43.4 Å². The topological polar surface area (TPSA) is 0 Å². The Labute approximate surface area is 161 Å². The zero-order valence-corrected chi connectivity index (χ0v) is 18.7. The molecule has 0 aromatic heterocycles. The highest BCUT2D eigenvalue weighted by Crippen LogP contribution is 2.30. The van der Waals surface area contributed by atoms with Gasteiger partial charge in [0.1, 0.15) is 0 Å². The third kappa shape index (κ3) is 16.9. The van der Waals surface area contributed by atoms with Crippen LogP contribution in [0.3, 0.4) is 0 Å². The Kier molecular flexibility index (Phi) is 15.8. The molecule has 0 rings (SSSR count). The van der Waals surface area contributed by atoms with E-state index >= 15 is 0 Å². The standard InChI is InChI=1S/C25H50/c1-7-9-10-13-16-20-25(5,6)21-17-14-11-12-15-19-24(4)22-23(3)18-8-2/h8,18,23-24H,7,9-17,19-22H2,1-6H3. The molecule has 0 amide bonds. The minimum absolute atomic E-state index is 0.573. The molecule has 0 aliphatic heterocycles. The fourth-order valence-electron chi connectivity index (χ4n) is 4.12. The maximum absolute atomic E-state index is 2.49. The van der Waals surface area contributed by atoms with Gasteiger partial charge in [0, 0.05) is 0 Å². The highest BCUT2D eigenvalue weighted by molar-refractivity contribution is 4.83. The first kappa shape index (κ1) is 24.7. The highest BCUT2D eigenvalue weighted by atomic mass is 14.2. The normalized spacial score (nSPS) is 15.0. The fraction of sp³-hybridized carbons (Fsp3) is 0.920. The van der Waals surface area contributed by atoms with E-state index in [1.54, 1.807) is 0 Å². The summed E-state index contributed by atoms with van der Waals surface area (Å²) in [5, 5.41) is 0. The van der Waals surface area contributed by atoms with Crippen LogP contribution in [0, 0.1) is 17.3 Å². The van der Waals surface area contributed by atoms with Crippen LogP contribution in [0.15, 0.2) is 12.2 Å². The fourth-order valence-corrected chi connectivity index (χ4v) is 4.12. The van der Waals surface area contributed by atoms with Crippen molar-refractivity contribution in [1.29, 1.82) is 0 Å². The zero-order chi connectivity index (χ0) is 19.0. The van der Waals surface area contributed by atoms with Crippen molar-refractivity contribution < 1.29 is 0 Å². The summed E-state index contributed by atoms with van der Waals surface area (Å²) in [7, 11) is 0. The summed E-state index contributed by atoms with van der Waals surface area (Å²) in [4.78, 5) is 0. The van der Waals surface area contributed by atoms with Crippen molar-refractivity contribution >= 4 is 0 Å². The molecule has 0 aliphatic rings. The van der Waals surface area contributed by atoms with Crippen LogP contribution >= 0.6 is 0 Å². The Morgan fingerprint density at radius 1 is 0.760 bits per heavy atom.